The van der Waals surface area contributed by atoms with Gasteiger partial charge in [-0.15, -0.1) is 0 Å². The van der Waals surface area contributed by atoms with Crippen LogP contribution < -0.4 is 0 Å². The zero-order valence-electron chi connectivity index (χ0n) is 16.0. The van der Waals surface area contributed by atoms with Crippen LogP contribution in [0.25, 0.3) is 0 Å². The van der Waals surface area contributed by atoms with Gasteiger partial charge in [-0.2, -0.15) is 4.31 Å². The number of carbonyl (C=O) groups is 2. The standard InChI is InChI=1S/C18H28N2O5S/c1-13(2)12-20(10-9-17(21)22)18(23)15-7-6-8-16(11-15)26(24,25)19(5)14(3)4/h6-8,11,13-14H,9-10,12H2,1-5H3,(H,21,22). The normalized spacial score (nSPS) is 12.0. The molecule has 0 bridgehead atoms. The lowest BCUT2D eigenvalue weighted by Crippen LogP contribution is -2.36. The van der Waals surface area contributed by atoms with Crippen molar-refractivity contribution in [1.29, 1.82) is 0 Å². The summed E-state index contributed by atoms with van der Waals surface area (Å²) in [5.41, 5.74) is 0.231. The molecule has 146 valence electrons. The lowest BCUT2D eigenvalue weighted by molar-refractivity contribution is -0.137. The van der Waals surface area contributed by atoms with Crippen LogP contribution in [0, 0.1) is 5.92 Å². The zero-order valence-corrected chi connectivity index (χ0v) is 16.8. The molecule has 0 atom stereocenters. The molecule has 26 heavy (non-hydrogen) atoms. The smallest absolute Gasteiger partial charge is 0.305 e. The van der Waals surface area contributed by atoms with Crippen LogP contribution in [0.4, 0.5) is 0 Å². The Hall–Kier alpha value is -1.93. The third kappa shape index (κ3) is 5.81. The molecule has 1 rings (SSSR count). The molecular weight excluding hydrogens is 356 g/mol. The molecule has 0 spiro atoms. The summed E-state index contributed by atoms with van der Waals surface area (Å²) in [6.07, 6.45) is -0.160. The van der Waals surface area contributed by atoms with Gasteiger partial charge >= 0.3 is 5.97 Å². The molecule has 1 aromatic carbocycles. The zero-order chi connectivity index (χ0) is 20.1. The van der Waals surface area contributed by atoms with E-state index in [9.17, 15) is 18.0 Å². The molecule has 0 aromatic heterocycles. The Kier molecular flexibility index (Phi) is 7.77. The maximum absolute atomic E-state index is 12.8. The van der Waals surface area contributed by atoms with Gasteiger partial charge in [-0.3, -0.25) is 9.59 Å². The van der Waals surface area contributed by atoms with E-state index in [0.29, 0.717) is 6.54 Å². The number of nitrogens with zero attached hydrogens (tertiary/aromatic N) is 2. The van der Waals surface area contributed by atoms with E-state index in [1.54, 1.807) is 19.9 Å². The first-order chi connectivity index (χ1) is 12.0. The van der Waals surface area contributed by atoms with E-state index < -0.39 is 16.0 Å². The predicted molar refractivity (Wildman–Crippen MR) is 99.5 cm³/mol. The Morgan fingerprint density at radius 2 is 1.77 bits per heavy atom. The maximum atomic E-state index is 12.8. The van der Waals surface area contributed by atoms with Crippen molar-refractivity contribution in [3.05, 3.63) is 29.8 Å². The fourth-order valence-corrected chi connectivity index (χ4v) is 3.78. The van der Waals surface area contributed by atoms with Crippen LogP contribution in [0.3, 0.4) is 0 Å². The lowest BCUT2D eigenvalue weighted by Gasteiger charge is -2.25. The van der Waals surface area contributed by atoms with Crippen molar-refractivity contribution in [2.75, 3.05) is 20.1 Å². The highest BCUT2D eigenvalue weighted by Gasteiger charge is 2.25. The number of benzene rings is 1. The molecular formula is C18H28N2O5S. The first-order valence-electron chi connectivity index (χ1n) is 8.56. The largest absolute Gasteiger partial charge is 0.481 e. The number of carbonyl (C=O) groups excluding carboxylic acids is 1. The molecule has 0 saturated carbocycles. The summed E-state index contributed by atoms with van der Waals surface area (Å²) in [4.78, 5) is 25.1. The van der Waals surface area contributed by atoms with Gasteiger partial charge in [0.1, 0.15) is 0 Å². The molecule has 1 N–H and O–H groups in total. The monoisotopic (exact) mass is 384 g/mol. The highest BCUT2D eigenvalue weighted by molar-refractivity contribution is 7.89. The summed E-state index contributed by atoms with van der Waals surface area (Å²) in [6, 6.07) is 5.66. The minimum atomic E-state index is -3.70. The first kappa shape index (κ1) is 22.1. The van der Waals surface area contributed by atoms with Gasteiger partial charge in [-0.05, 0) is 38.0 Å². The molecule has 0 aliphatic rings. The third-order valence-electron chi connectivity index (χ3n) is 3.95. The van der Waals surface area contributed by atoms with E-state index in [1.807, 2.05) is 13.8 Å². The molecule has 8 heteroatoms. The Bertz CT molecular complexity index is 744. The number of sulfonamides is 1. The predicted octanol–water partition coefficient (Wildman–Crippen LogP) is 2.29. The lowest BCUT2D eigenvalue weighted by atomic mass is 10.1. The van der Waals surface area contributed by atoms with Crippen LogP contribution in [-0.2, 0) is 14.8 Å². The van der Waals surface area contributed by atoms with Gasteiger partial charge < -0.3 is 10.0 Å². The summed E-state index contributed by atoms with van der Waals surface area (Å²) in [5.74, 6) is -1.20. The van der Waals surface area contributed by atoms with Crippen LogP contribution in [-0.4, -0.2) is 60.8 Å². The van der Waals surface area contributed by atoms with Crippen molar-refractivity contribution in [3.8, 4) is 0 Å². The maximum Gasteiger partial charge on any atom is 0.305 e. The fraction of sp³-hybridized carbons (Fsp3) is 0.556. The number of aliphatic carboxylic acids is 1. The van der Waals surface area contributed by atoms with Crippen molar-refractivity contribution in [1.82, 2.24) is 9.21 Å². The molecule has 0 aliphatic carbocycles. The van der Waals surface area contributed by atoms with Crippen LogP contribution >= 0.6 is 0 Å². The second-order valence-corrected chi connectivity index (χ2v) is 8.93. The number of amides is 1. The Balaban J connectivity index is 3.17. The first-order valence-corrected chi connectivity index (χ1v) is 10.00. The van der Waals surface area contributed by atoms with Crippen LogP contribution in [0.15, 0.2) is 29.2 Å². The molecule has 0 fully saturated rings. The highest BCUT2D eigenvalue weighted by Crippen LogP contribution is 2.19. The van der Waals surface area contributed by atoms with Crippen LogP contribution in [0.1, 0.15) is 44.5 Å². The number of rotatable bonds is 9. The average molecular weight is 384 g/mol. The van der Waals surface area contributed by atoms with E-state index in [-0.39, 0.29) is 41.3 Å². The topological polar surface area (TPSA) is 95.0 Å². The number of hydrogen-bond donors (Lipinski definition) is 1. The molecule has 1 aromatic rings. The SMILES string of the molecule is CC(C)CN(CCC(=O)O)C(=O)c1cccc(S(=O)(=O)N(C)C(C)C)c1. The second-order valence-electron chi connectivity index (χ2n) is 6.93. The van der Waals surface area contributed by atoms with E-state index in [0.717, 1.165) is 0 Å². The van der Waals surface area contributed by atoms with Gasteiger partial charge in [-0.1, -0.05) is 19.9 Å². The highest BCUT2D eigenvalue weighted by atomic mass is 32.2. The molecule has 7 nitrogen and oxygen atoms in total. The van der Waals surface area contributed by atoms with Crippen molar-refractivity contribution in [2.45, 2.75) is 45.1 Å². The summed E-state index contributed by atoms with van der Waals surface area (Å²) in [5, 5.41) is 8.89. The summed E-state index contributed by atoms with van der Waals surface area (Å²) < 4.78 is 26.5. The van der Waals surface area contributed by atoms with Crippen LogP contribution in [0.2, 0.25) is 0 Å². The van der Waals surface area contributed by atoms with Gasteiger partial charge in [0.15, 0.2) is 0 Å². The number of hydrogen-bond acceptors (Lipinski definition) is 4. The minimum absolute atomic E-state index is 0.0438. The second kappa shape index (κ2) is 9.14. The van der Waals surface area contributed by atoms with Gasteiger partial charge in [0.25, 0.3) is 5.91 Å². The Morgan fingerprint density at radius 3 is 2.27 bits per heavy atom. The molecule has 0 heterocycles. The van der Waals surface area contributed by atoms with Crippen molar-refractivity contribution in [2.24, 2.45) is 5.92 Å². The minimum Gasteiger partial charge on any atom is -0.481 e. The molecule has 0 unspecified atom stereocenters. The van der Waals surface area contributed by atoms with E-state index in [1.165, 1.54) is 34.5 Å². The molecule has 0 saturated heterocycles. The fourth-order valence-electron chi connectivity index (χ4n) is 2.36. The van der Waals surface area contributed by atoms with Gasteiger partial charge in [0.05, 0.1) is 11.3 Å². The summed E-state index contributed by atoms with van der Waals surface area (Å²) in [6.45, 7) is 7.87. The van der Waals surface area contributed by atoms with E-state index in [2.05, 4.69) is 0 Å². The van der Waals surface area contributed by atoms with E-state index >= 15 is 0 Å². The van der Waals surface area contributed by atoms with Gasteiger partial charge in [0.2, 0.25) is 10.0 Å². The van der Waals surface area contributed by atoms with Gasteiger partial charge in [-0.25, -0.2) is 8.42 Å². The van der Waals surface area contributed by atoms with E-state index in [4.69, 9.17) is 5.11 Å². The van der Waals surface area contributed by atoms with Crippen molar-refractivity contribution in [3.63, 3.8) is 0 Å². The number of carboxylic acids is 1. The Morgan fingerprint density at radius 1 is 1.15 bits per heavy atom. The van der Waals surface area contributed by atoms with Crippen molar-refractivity contribution < 1.29 is 23.1 Å². The summed E-state index contributed by atoms with van der Waals surface area (Å²) >= 11 is 0. The average Bonchev–Trinajstić information content (AvgIpc) is 2.56. The molecule has 0 aliphatic heterocycles. The number of carboxylic acid groups (broad SMARTS) is 1. The van der Waals surface area contributed by atoms with Crippen molar-refractivity contribution >= 4 is 21.9 Å². The molecule has 0 radical (unpaired) electrons. The Labute approximate surface area is 155 Å². The molecule has 1 amide bonds. The summed E-state index contributed by atoms with van der Waals surface area (Å²) in [7, 11) is -2.21. The van der Waals surface area contributed by atoms with Gasteiger partial charge in [0, 0.05) is 31.7 Å². The van der Waals surface area contributed by atoms with Crippen LogP contribution in [0.5, 0.6) is 0 Å². The third-order valence-corrected chi connectivity index (χ3v) is 5.98. The quantitative estimate of drug-likeness (QED) is 0.705.